The van der Waals surface area contributed by atoms with Gasteiger partial charge in [0.25, 0.3) is 0 Å². The van der Waals surface area contributed by atoms with Crippen molar-refractivity contribution in [2.45, 2.75) is 19.5 Å². The Hall–Kier alpha value is -3.09. The van der Waals surface area contributed by atoms with Crippen LogP contribution in [0.2, 0.25) is 0 Å². The Morgan fingerprint density at radius 1 is 1.22 bits per heavy atom. The van der Waals surface area contributed by atoms with Crippen LogP contribution in [0, 0.1) is 0 Å². The maximum absolute atomic E-state index is 11.9. The number of aromatic nitrogens is 1. The summed E-state index contributed by atoms with van der Waals surface area (Å²) in [6.07, 6.45) is 3.39. The zero-order chi connectivity index (χ0) is 16.7. The molecule has 0 saturated heterocycles. The molecule has 1 aromatic carbocycles. The van der Waals surface area contributed by atoms with Gasteiger partial charge in [-0.25, -0.2) is 9.59 Å². The van der Waals surface area contributed by atoms with Crippen molar-refractivity contribution in [2.24, 2.45) is 5.73 Å². The summed E-state index contributed by atoms with van der Waals surface area (Å²) in [6, 6.07) is 9.75. The van der Waals surface area contributed by atoms with Gasteiger partial charge in [-0.2, -0.15) is 0 Å². The topological polar surface area (TPSA) is 109 Å². The number of amides is 4. The molecule has 1 aromatic heterocycles. The lowest BCUT2D eigenvalue weighted by molar-refractivity contribution is 0.237. The van der Waals surface area contributed by atoms with Crippen molar-refractivity contribution in [1.82, 2.24) is 15.6 Å². The summed E-state index contributed by atoms with van der Waals surface area (Å²) in [7, 11) is 0. The van der Waals surface area contributed by atoms with Gasteiger partial charge in [0.15, 0.2) is 0 Å². The quantitative estimate of drug-likeness (QED) is 0.679. The molecule has 0 aliphatic rings. The molecule has 23 heavy (non-hydrogen) atoms. The van der Waals surface area contributed by atoms with Crippen molar-refractivity contribution in [1.29, 1.82) is 0 Å². The van der Waals surface area contributed by atoms with Crippen molar-refractivity contribution < 1.29 is 9.59 Å². The van der Waals surface area contributed by atoms with E-state index in [4.69, 9.17) is 5.73 Å². The minimum absolute atomic E-state index is 0.175. The molecule has 0 spiro atoms. The van der Waals surface area contributed by atoms with Crippen LogP contribution >= 0.6 is 0 Å². The van der Waals surface area contributed by atoms with Crippen LogP contribution in [0.5, 0.6) is 0 Å². The highest BCUT2D eigenvalue weighted by atomic mass is 16.2. The predicted octanol–water partition coefficient (Wildman–Crippen LogP) is 2.13. The zero-order valence-corrected chi connectivity index (χ0v) is 12.7. The van der Waals surface area contributed by atoms with Crippen LogP contribution in [0.3, 0.4) is 0 Å². The van der Waals surface area contributed by atoms with E-state index < -0.39 is 6.03 Å². The summed E-state index contributed by atoms with van der Waals surface area (Å²) in [5.41, 5.74) is 7.50. The number of carbonyl (C=O) groups excluding carboxylic acids is 2. The minimum atomic E-state index is -0.612. The van der Waals surface area contributed by atoms with E-state index in [1.54, 1.807) is 24.5 Å². The number of hydrogen-bond acceptors (Lipinski definition) is 3. The first-order valence-electron chi connectivity index (χ1n) is 7.14. The van der Waals surface area contributed by atoms with Crippen molar-refractivity contribution in [3.8, 4) is 0 Å². The summed E-state index contributed by atoms with van der Waals surface area (Å²) in [4.78, 5) is 26.6. The maximum Gasteiger partial charge on any atom is 0.316 e. The fraction of sp³-hybridized carbons (Fsp3) is 0.188. The molecule has 7 nitrogen and oxygen atoms in total. The number of anilines is 1. The highest BCUT2D eigenvalue weighted by molar-refractivity contribution is 5.87. The van der Waals surface area contributed by atoms with Gasteiger partial charge in [-0.1, -0.05) is 18.2 Å². The smallest absolute Gasteiger partial charge is 0.316 e. The Kier molecular flexibility index (Phi) is 5.51. The monoisotopic (exact) mass is 313 g/mol. The molecule has 5 N–H and O–H groups in total. The molecule has 2 aromatic rings. The van der Waals surface area contributed by atoms with E-state index in [2.05, 4.69) is 20.9 Å². The van der Waals surface area contributed by atoms with E-state index in [9.17, 15) is 9.59 Å². The van der Waals surface area contributed by atoms with Crippen molar-refractivity contribution in [3.63, 3.8) is 0 Å². The first kappa shape index (κ1) is 16.3. The number of nitrogens with two attached hydrogens (primary N) is 1. The first-order valence-corrected chi connectivity index (χ1v) is 7.14. The van der Waals surface area contributed by atoms with Crippen molar-refractivity contribution in [2.75, 3.05) is 5.32 Å². The predicted molar refractivity (Wildman–Crippen MR) is 87.7 cm³/mol. The molecule has 2 rings (SSSR count). The summed E-state index contributed by atoms with van der Waals surface area (Å²) in [5, 5.41) is 8.10. The SMILES string of the molecule is C[C@@H](NC(=O)NCc1cccnc1)c1ccc(NC(N)=O)cc1. The van der Waals surface area contributed by atoms with Gasteiger partial charge in [0, 0.05) is 24.6 Å². The molecule has 0 fully saturated rings. The molecule has 120 valence electrons. The van der Waals surface area contributed by atoms with Gasteiger partial charge in [0.05, 0.1) is 6.04 Å². The van der Waals surface area contributed by atoms with Gasteiger partial charge < -0.3 is 21.7 Å². The third kappa shape index (κ3) is 5.31. The molecular weight excluding hydrogens is 294 g/mol. The minimum Gasteiger partial charge on any atom is -0.351 e. The van der Waals surface area contributed by atoms with E-state index in [1.165, 1.54) is 0 Å². The van der Waals surface area contributed by atoms with E-state index >= 15 is 0 Å². The fourth-order valence-corrected chi connectivity index (χ4v) is 2.01. The zero-order valence-electron chi connectivity index (χ0n) is 12.7. The number of hydrogen-bond donors (Lipinski definition) is 4. The second-order valence-corrected chi connectivity index (χ2v) is 5.02. The fourth-order valence-electron chi connectivity index (χ4n) is 2.01. The van der Waals surface area contributed by atoms with Gasteiger partial charge >= 0.3 is 12.1 Å². The number of nitrogens with one attached hydrogen (secondary N) is 3. The average molecular weight is 313 g/mol. The summed E-state index contributed by atoms with van der Waals surface area (Å²) >= 11 is 0. The Morgan fingerprint density at radius 3 is 2.57 bits per heavy atom. The molecule has 7 heteroatoms. The lowest BCUT2D eigenvalue weighted by Crippen LogP contribution is -2.36. The van der Waals surface area contributed by atoms with Crippen LogP contribution in [0.25, 0.3) is 0 Å². The highest BCUT2D eigenvalue weighted by Crippen LogP contribution is 2.15. The summed E-state index contributed by atoms with van der Waals surface area (Å²) in [6.45, 7) is 2.29. The third-order valence-electron chi connectivity index (χ3n) is 3.20. The number of pyridine rings is 1. The Balaban J connectivity index is 1.84. The molecule has 0 aliphatic carbocycles. The van der Waals surface area contributed by atoms with Crippen LogP contribution in [0.1, 0.15) is 24.1 Å². The number of urea groups is 2. The molecule has 1 atom stereocenters. The number of benzene rings is 1. The van der Waals surface area contributed by atoms with E-state index in [0.717, 1.165) is 11.1 Å². The average Bonchev–Trinajstić information content (AvgIpc) is 2.54. The van der Waals surface area contributed by atoms with Crippen LogP contribution < -0.4 is 21.7 Å². The van der Waals surface area contributed by atoms with E-state index in [-0.39, 0.29) is 12.1 Å². The van der Waals surface area contributed by atoms with Crippen LogP contribution in [0.15, 0.2) is 48.8 Å². The van der Waals surface area contributed by atoms with Gasteiger partial charge in [0.1, 0.15) is 0 Å². The second-order valence-electron chi connectivity index (χ2n) is 5.02. The number of rotatable bonds is 5. The lowest BCUT2D eigenvalue weighted by Gasteiger charge is -2.15. The summed E-state index contributed by atoms with van der Waals surface area (Å²) < 4.78 is 0. The van der Waals surface area contributed by atoms with Crippen LogP contribution in [0.4, 0.5) is 15.3 Å². The van der Waals surface area contributed by atoms with Gasteiger partial charge in [-0.05, 0) is 36.2 Å². The molecule has 0 radical (unpaired) electrons. The third-order valence-corrected chi connectivity index (χ3v) is 3.20. The highest BCUT2D eigenvalue weighted by Gasteiger charge is 2.09. The Morgan fingerprint density at radius 2 is 1.96 bits per heavy atom. The number of primary amides is 1. The standard InChI is InChI=1S/C16H19N5O2/c1-11(13-4-6-14(7-5-13)21-15(17)22)20-16(23)19-10-12-3-2-8-18-9-12/h2-9,11H,10H2,1H3,(H3,17,21,22)(H2,19,20,23)/t11-/m1/s1. The van der Waals surface area contributed by atoms with E-state index in [1.807, 2.05) is 31.2 Å². The van der Waals surface area contributed by atoms with Crippen molar-refractivity contribution >= 4 is 17.7 Å². The number of nitrogens with zero attached hydrogens (tertiary/aromatic N) is 1. The lowest BCUT2D eigenvalue weighted by atomic mass is 10.1. The Bertz CT molecular complexity index is 658. The molecular formula is C16H19N5O2. The molecule has 0 aliphatic heterocycles. The molecule has 1 heterocycles. The maximum atomic E-state index is 11.9. The summed E-state index contributed by atoms with van der Waals surface area (Å²) in [5.74, 6) is 0. The molecule has 4 amide bonds. The van der Waals surface area contributed by atoms with Gasteiger partial charge in [-0.15, -0.1) is 0 Å². The second kappa shape index (κ2) is 7.79. The molecule has 0 unspecified atom stereocenters. The largest absolute Gasteiger partial charge is 0.351 e. The van der Waals surface area contributed by atoms with Crippen molar-refractivity contribution in [3.05, 3.63) is 59.9 Å². The van der Waals surface area contributed by atoms with Crippen LogP contribution in [-0.2, 0) is 6.54 Å². The number of carbonyl (C=O) groups is 2. The van der Waals surface area contributed by atoms with Crippen LogP contribution in [-0.4, -0.2) is 17.0 Å². The van der Waals surface area contributed by atoms with Gasteiger partial charge in [-0.3, -0.25) is 4.98 Å². The molecule has 0 saturated carbocycles. The van der Waals surface area contributed by atoms with Gasteiger partial charge in [0.2, 0.25) is 0 Å². The normalized spacial score (nSPS) is 11.3. The van der Waals surface area contributed by atoms with E-state index in [0.29, 0.717) is 12.2 Å². The molecule has 0 bridgehead atoms. The first-order chi connectivity index (χ1) is 11.0. The Labute approximate surface area is 134 Å².